The van der Waals surface area contributed by atoms with E-state index in [4.69, 9.17) is 10.6 Å². The van der Waals surface area contributed by atoms with E-state index in [9.17, 15) is 9.59 Å². The van der Waals surface area contributed by atoms with E-state index >= 15 is 0 Å². The summed E-state index contributed by atoms with van der Waals surface area (Å²) in [6.45, 7) is 5.79. The molecule has 0 radical (unpaired) electrons. The van der Waals surface area contributed by atoms with E-state index in [1.165, 1.54) is 11.8 Å². The lowest BCUT2D eigenvalue weighted by molar-refractivity contribution is -0.138. The number of amides is 1. The minimum absolute atomic E-state index is 0.297. The lowest BCUT2D eigenvalue weighted by atomic mass is 9.97. The molecule has 0 spiro atoms. The lowest BCUT2D eigenvalue weighted by Gasteiger charge is -2.19. The SMILES string of the molecule is CCOC(=O)C1=C(C(=O)NN)C(C)(C)SC1. The molecule has 1 amide bonds. The van der Waals surface area contributed by atoms with Crippen molar-refractivity contribution in [2.45, 2.75) is 25.5 Å². The van der Waals surface area contributed by atoms with Crippen LogP contribution in [0.5, 0.6) is 0 Å². The van der Waals surface area contributed by atoms with E-state index in [1.54, 1.807) is 6.92 Å². The monoisotopic (exact) mass is 244 g/mol. The Morgan fingerprint density at radius 2 is 2.19 bits per heavy atom. The summed E-state index contributed by atoms with van der Waals surface area (Å²) in [5.74, 6) is 4.75. The third kappa shape index (κ3) is 2.38. The van der Waals surface area contributed by atoms with Crippen LogP contribution in [0.4, 0.5) is 0 Å². The van der Waals surface area contributed by atoms with Crippen LogP contribution in [-0.4, -0.2) is 29.0 Å². The van der Waals surface area contributed by atoms with Crippen molar-refractivity contribution in [1.82, 2.24) is 5.43 Å². The summed E-state index contributed by atoms with van der Waals surface area (Å²) in [6.07, 6.45) is 0. The Hall–Kier alpha value is -1.01. The normalized spacial score (nSPS) is 18.5. The van der Waals surface area contributed by atoms with Gasteiger partial charge in [-0.25, -0.2) is 10.6 Å². The highest BCUT2D eigenvalue weighted by Crippen LogP contribution is 2.42. The fraction of sp³-hybridized carbons (Fsp3) is 0.600. The molecule has 0 aromatic heterocycles. The summed E-state index contributed by atoms with van der Waals surface area (Å²) >= 11 is 1.52. The van der Waals surface area contributed by atoms with Crippen LogP contribution in [-0.2, 0) is 14.3 Å². The van der Waals surface area contributed by atoms with Gasteiger partial charge in [0.15, 0.2) is 0 Å². The van der Waals surface area contributed by atoms with Gasteiger partial charge in [0.25, 0.3) is 5.91 Å². The van der Waals surface area contributed by atoms with Crippen LogP contribution in [0.15, 0.2) is 11.1 Å². The molecular formula is C10H16N2O3S. The van der Waals surface area contributed by atoms with Crippen molar-refractivity contribution < 1.29 is 14.3 Å². The molecule has 90 valence electrons. The summed E-state index contributed by atoms with van der Waals surface area (Å²) in [5.41, 5.74) is 2.90. The first-order valence-electron chi connectivity index (χ1n) is 4.99. The Kier molecular flexibility index (Phi) is 3.98. The molecule has 0 aliphatic carbocycles. The van der Waals surface area contributed by atoms with Crippen LogP contribution in [0, 0.1) is 0 Å². The van der Waals surface area contributed by atoms with Crippen molar-refractivity contribution >= 4 is 23.6 Å². The van der Waals surface area contributed by atoms with Crippen LogP contribution >= 0.6 is 11.8 Å². The molecule has 0 unspecified atom stereocenters. The zero-order chi connectivity index (χ0) is 12.3. The maximum Gasteiger partial charge on any atom is 0.335 e. The Balaban J connectivity index is 3.09. The molecule has 0 aromatic carbocycles. The van der Waals surface area contributed by atoms with Gasteiger partial charge >= 0.3 is 5.97 Å². The van der Waals surface area contributed by atoms with Crippen molar-refractivity contribution in [3.63, 3.8) is 0 Å². The number of hydrogen-bond acceptors (Lipinski definition) is 5. The summed E-state index contributed by atoms with van der Waals surface area (Å²) < 4.78 is 4.50. The molecule has 1 aliphatic rings. The molecule has 16 heavy (non-hydrogen) atoms. The zero-order valence-electron chi connectivity index (χ0n) is 9.62. The molecule has 1 aliphatic heterocycles. The highest BCUT2D eigenvalue weighted by molar-refractivity contribution is 8.01. The van der Waals surface area contributed by atoms with Gasteiger partial charge in [0, 0.05) is 16.1 Å². The lowest BCUT2D eigenvalue weighted by Crippen LogP contribution is -2.37. The summed E-state index contributed by atoms with van der Waals surface area (Å²) in [7, 11) is 0. The second kappa shape index (κ2) is 4.88. The number of rotatable bonds is 3. The van der Waals surface area contributed by atoms with Gasteiger partial charge in [0.05, 0.1) is 12.2 Å². The average Bonchev–Trinajstić information content (AvgIpc) is 2.53. The van der Waals surface area contributed by atoms with Crippen molar-refractivity contribution in [2.24, 2.45) is 5.84 Å². The number of carbonyl (C=O) groups excluding carboxylic acids is 2. The van der Waals surface area contributed by atoms with E-state index in [-0.39, 0.29) is 0 Å². The summed E-state index contributed by atoms with van der Waals surface area (Å²) in [4.78, 5) is 23.3. The number of thioether (sulfide) groups is 1. The fourth-order valence-corrected chi connectivity index (χ4v) is 2.75. The molecule has 1 rings (SSSR count). The van der Waals surface area contributed by atoms with Gasteiger partial charge in [-0.2, -0.15) is 0 Å². The quantitative estimate of drug-likeness (QED) is 0.324. The summed E-state index contributed by atoms with van der Waals surface area (Å²) in [5, 5.41) is 0. The zero-order valence-corrected chi connectivity index (χ0v) is 10.4. The molecule has 0 saturated heterocycles. The standard InChI is InChI=1S/C10H16N2O3S/c1-4-15-9(14)6-5-16-10(2,3)7(6)8(13)12-11/h4-5,11H2,1-3H3,(H,12,13). The first kappa shape index (κ1) is 13.1. The molecule has 6 heteroatoms. The molecule has 3 N–H and O–H groups in total. The minimum atomic E-state index is -0.431. The van der Waals surface area contributed by atoms with Crippen molar-refractivity contribution in [3.05, 3.63) is 11.1 Å². The average molecular weight is 244 g/mol. The highest BCUT2D eigenvalue weighted by Gasteiger charge is 2.40. The van der Waals surface area contributed by atoms with Gasteiger partial charge in [-0.15, -0.1) is 11.8 Å². The minimum Gasteiger partial charge on any atom is -0.463 e. The van der Waals surface area contributed by atoms with Crippen LogP contribution in [0.1, 0.15) is 20.8 Å². The number of carbonyl (C=O) groups is 2. The van der Waals surface area contributed by atoms with E-state index in [0.717, 1.165) is 0 Å². The molecule has 0 bridgehead atoms. The van der Waals surface area contributed by atoms with Gasteiger partial charge < -0.3 is 4.74 Å². The predicted octanol–water partition coefficient (Wildman–Crippen LogP) is 0.361. The van der Waals surface area contributed by atoms with Crippen molar-refractivity contribution in [1.29, 1.82) is 0 Å². The van der Waals surface area contributed by atoms with Crippen LogP contribution in [0.3, 0.4) is 0 Å². The fourth-order valence-electron chi connectivity index (χ4n) is 1.62. The second-order valence-electron chi connectivity index (χ2n) is 3.85. The topological polar surface area (TPSA) is 81.4 Å². The number of nitrogens with two attached hydrogens (primary N) is 1. The first-order valence-corrected chi connectivity index (χ1v) is 5.98. The number of hydrogen-bond donors (Lipinski definition) is 2. The Morgan fingerprint density at radius 3 is 2.69 bits per heavy atom. The third-order valence-electron chi connectivity index (χ3n) is 2.36. The maximum atomic E-state index is 11.6. The summed E-state index contributed by atoms with van der Waals surface area (Å²) in [6, 6.07) is 0. The molecule has 1 heterocycles. The van der Waals surface area contributed by atoms with Gasteiger partial charge in [-0.3, -0.25) is 10.2 Å². The van der Waals surface area contributed by atoms with E-state index in [1.807, 2.05) is 13.8 Å². The predicted molar refractivity (Wildman–Crippen MR) is 62.5 cm³/mol. The molecule has 0 atom stereocenters. The number of hydrazine groups is 1. The van der Waals surface area contributed by atoms with Crippen molar-refractivity contribution in [2.75, 3.05) is 12.4 Å². The largest absolute Gasteiger partial charge is 0.463 e. The number of ether oxygens (including phenoxy) is 1. The van der Waals surface area contributed by atoms with Gasteiger partial charge in [-0.1, -0.05) is 0 Å². The van der Waals surface area contributed by atoms with Crippen LogP contribution in [0.2, 0.25) is 0 Å². The maximum absolute atomic E-state index is 11.6. The Morgan fingerprint density at radius 1 is 1.56 bits per heavy atom. The molecule has 0 fully saturated rings. The molecule has 5 nitrogen and oxygen atoms in total. The smallest absolute Gasteiger partial charge is 0.335 e. The van der Waals surface area contributed by atoms with Crippen LogP contribution < -0.4 is 11.3 Å². The van der Waals surface area contributed by atoms with Crippen molar-refractivity contribution in [3.8, 4) is 0 Å². The third-order valence-corrected chi connectivity index (χ3v) is 3.72. The van der Waals surface area contributed by atoms with Gasteiger partial charge in [0.2, 0.25) is 0 Å². The second-order valence-corrected chi connectivity index (χ2v) is 5.44. The number of nitrogens with one attached hydrogen (secondary N) is 1. The van der Waals surface area contributed by atoms with Gasteiger partial charge in [0.1, 0.15) is 0 Å². The van der Waals surface area contributed by atoms with E-state index in [2.05, 4.69) is 5.43 Å². The first-order chi connectivity index (χ1) is 7.44. The van der Waals surface area contributed by atoms with E-state index < -0.39 is 16.6 Å². The number of esters is 1. The highest BCUT2D eigenvalue weighted by atomic mass is 32.2. The Bertz CT molecular complexity index is 350. The molecule has 0 saturated carbocycles. The molecular weight excluding hydrogens is 228 g/mol. The van der Waals surface area contributed by atoms with Crippen LogP contribution in [0.25, 0.3) is 0 Å². The Labute approximate surface area is 98.7 Å². The van der Waals surface area contributed by atoms with E-state index in [0.29, 0.717) is 23.5 Å². The van der Waals surface area contributed by atoms with Gasteiger partial charge in [-0.05, 0) is 20.8 Å². The molecule has 0 aromatic rings.